The van der Waals surface area contributed by atoms with E-state index in [0.29, 0.717) is 11.3 Å². The first-order valence-corrected chi connectivity index (χ1v) is 6.46. The molecule has 0 radical (unpaired) electrons. The largest absolute Gasteiger partial charge is 0.457 e. The summed E-state index contributed by atoms with van der Waals surface area (Å²) in [4.78, 5) is 0. The molecule has 2 nitrogen and oxygen atoms in total. The number of furan rings is 1. The molecule has 0 fully saturated rings. The Bertz CT molecular complexity index is 754. The summed E-state index contributed by atoms with van der Waals surface area (Å²) >= 11 is 0. The van der Waals surface area contributed by atoms with E-state index in [1.807, 2.05) is 31.2 Å². The Morgan fingerprint density at radius 1 is 1.10 bits per heavy atom. The van der Waals surface area contributed by atoms with Gasteiger partial charge in [0.25, 0.3) is 0 Å². The number of hydrogen-bond donors (Lipinski definition) is 1. The molecule has 3 heteroatoms. The molecule has 0 saturated carbocycles. The number of benzene rings is 2. The van der Waals surface area contributed by atoms with Crippen molar-refractivity contribution in [2.75, 3.05) is 0 Å². The lowest BCUT2D eigenvalue weighted by atomic mass is 9.93. The van der Waals surface area contributed by atoms with Gasteiger partial charge >= 0.3 is 0 Å². The predicted molar refractivity (Wildman–Crippen MR) is 76.0 cm³/mol. The van der Waals surface area contributed by atoms with Gasteiger partial charge in [-0.25, -0.2) is 4.39 Å². The molecule has 3 aromatic rings. The Hall–Kier alpha value is -2.13. The molecule has 0 bridgehead atoms. The van der Waals surface area contributed by atoms with Crippen molar-refractivity contribution >= 4 is 11.0 Å². The lowest BCUT2D eigenvalue weighted by Crippen LogP contribution is -2.21. The lowest BCUT2D eigenvalue weighted by Gasteiger charge is -2.21. The summed E-state index contributed by atoms with van der Waals surface area (Å²) in [6, 6.07) is 13.5. The first-order valence-electron chi connectivity index (χ1n) is 6.46. The standard InChI is InChI=1S/C17H15FO2/c1-11-4-3-5-12-10-15(20-16(11)12)17(2,19)13-6-8-14(18)9-7-13/h3-10,19H,1-2H3. The van der Waals surface area contributed by atoms with E-state index in [9.17, 15) is 9.50 Å². The monoisotopic (exact) mass is 270 g/mol. The van der Waals surface area contributed by atoms with E-state index in [4.69, 9.17) is 4.42 Å². The van der Waals surface area contributed by atoms with Crippen LogP contribution in [0.15, 0.2) is 52.9 Å². The van der Waals surface area contributed by atoms with Gasteiger partial charge in [-0.05, 0) is 43.2 Å². The summed E-state index contributed by atoms with van der Waals surface area (Å²) in [6.45, 7) is 3.61. The van der Waals surface area contributed by atoms with Gasteiger partial charge in [0.15, 0.2) is 0 Å². The third kappa shape index (κ3) is 2.00. The quantitative estimate of drug-likeness (QED) is 0.759. The van der Waals surface area contributed by atoms with Gasteiger partial charge < -0.3 is 9.52 Å². The molecule has 102 valence electrons. The second kappa shape index (κ2) is 4.46. The fourth-order valence-corrected chi connectivity index (χ4v) is 2.37. The van der Waals surface area contributed by atoms with Crippen LogP contribution in [0, 0.1) is 12.7 Å². The fraction of sp³-hybridized carbons (Fsp3) is 0.176. The van der Waals surface area contributed by atoms with Crippen LogP contribution in [0.5, 0.6) is 0 Å². The number of fused-ring (bicyclic) bond motifs is 1. The molecule has 1 atom stereocenters. The van der Waals surface area contributed by atoms with Crippen LogP contribution in [0.2, 0.25) is 0 Å². The molecular weight excluding hydrogens is 255 g/mol. The summed E-state index contributed by atoms with van der Waals surface area (Å²) in [5.74, 6) is 0.124. The van der Waals surface area contributed by atoms with Crippen molar-refractivity contribution in [1.82, 2.24) is 0 Å². The first-order chi connectivity index (χ1) is 9.48. The van der Waals surface area contributed by atoms with Crippen molar-refractivity contribution in [3.8, 4) is 0 Å². The molecule has 1 aromatic heterocycles. The maximum absolute atomic E-state index is 13.0. The van der Waals surface area contributed by atoms with Gasteiger partial charge in [-0.3, -0.25) is 0 Å². The molecule has 1 N–H and O–H groups in total. The minimum Gasteiger partial charge on any atom is -0.457 e. The molecular formula is C17H15FO2. The molecule has 20 heavy (non-hydrogen) atoms. The summed E-state index contributed by atoms with van der Waals surface area (Å²) in [6.07, 6.45) is 0. The lowest BCUT2D eigenvalue weighted by molar-refractivity contribution is 0.0785. The van der Waals surface area contributed by atoms with Gasteiger partial charge in [0.2, 0.25) is 0 Å². The Labute approximate surface area is 116 Å². The van der Waals surface area contributed by atoms with Gasteiger partial charge in [-0.1, -0.05) is 30.3 Å². The molecule has 1 unspecified atom stereocenters. The van der Waals surface area contributed by atoms with Crippen LogP contribution >= 0.6 is 0 Å². The average molecular weight is 270 g/mol. The Morgan fingerprint density at radius 2 is 1.80 bits per heavy atom. The third-order valence-electron chi connectivity index (χ3n) is 3.63. The van der Waals surface area contributed by atoms with Gasteiger partial charge in [0.05, 0.1) is 0 Å². The van der Waals surface area contributed by atoms with Gasteiger partial charge in [-0.2, -0.15) is 0 Å². The Kier molecular flexibility index (Phi) is 2.87. The van der Waals surface area contributed by atoms with Crippen molar-refractivity contribution < 1.29 is 13.9 Å². The highest BCUT2D eigenvalue weighted by Gasteiger charge is 2.29. The van der Waals surface area contributed by atoms with E-state index >= 15 is 0 Å². The first kappa shape index (κ1) is 12.9. The van der Waals surface area contributed by atoms with E-state index in [-0.39, 0.29) is 5.82 Å². The predicted octanol–water partition coefficient (Wildman–Crippen LogP) is 4.14. The van der Waals surface area contributed by atoms with E-state index in [1.54, 1.807) is 19.1 Å². The van der Waals surface area contributed by atoms with Crippen LogP contribution in [0.25, 0.3) is 11.0 Å². The maximum atomic E-state index is 13.0. The van der Waals surface area contributed by atoms with Crippen LogP contribution in [0.3, 0.4) is 0 Å². The highest BCUT2D eigenvalue weighted by molar-refractivity contribution is 5.81. The van der Waals surface area contributed by atoms with E-state index < -0.39 is 5.60 Å². The van der Waals surface area contributed by atoms with Crippen LogP contribution in [0.1, 0.15) is 23.8 Å². The second-order valence-electron chi connectivity index (χ2n) is 5.18. The maximum Gasteiger partial charge on any atom is 0.144 e. The Balaban J connectivity index is 2.13. The normalized spacial score (nSPS) is 14.4. The number of rotatable bonds is 2. The summed E-state index contributed by atoms with van der Waals surface area (Å²) < 4.78 is 18.8. The molecule has 0 amide bonds. The number of aryl methyl sites for hydroxylation is 1. The van der Waals surface area contributed by atoms with Gasteiger partial charge in [0, 0.05) is 5.39 Å². The van der Waals surface area contributed by atoms with Crippen LogP contribution < -0.4 is 0 Å². The van der Waals surface area contributed by atoms with Crippen molar-refractivity contribution in [3.05, 3.63) is 71.2 Å². The molecule has 1 heterocycles. The topological polar surface area (TPSA) is 33.4 Å². The summed E-state index contributed by atoms with van der Waals surface area (Å²) in [7, 11) is 0. The minimum atomic E-state index is -1.29. The minimum absolute atomic E-state index is 0.329. The number of para-hydroxylation sites is 1. The molecule has 0 spiro atoms. The van der Waals surface area contributed by atoms with E-state index in [1.165, 1.54) is 12.1 Å². The zero-order valence-electron chi connectivity index (χ0n) is 11.4. The van der Waals surface area contributed by atoms with Crippen LogP contribution in [-0.4, -0.2) is 5.11 Å². The number of hydrogen-bond acceptors (Lipinski definition) is 2. The highest BCUT2D eigenvalue weighted by Crippen LogP contribution is 2.34. The number of aliphatic hydroxyl groups is 1. The molecule has 0 aliphatic heterocycles. The van der Waals surface area contributed by atoms with Gasteiger partial charge in [-0.15, -0.1) is 0 Å². The van der Waals surface area contributed by atoms with Crippen LogP contribution in [-0.2, 0) is 5.60 Å². The molecule has 0 aliphatic carbocycles. The summed E-state index contributed by atoms with van der Waals surface area (Å²) in [5, 5.41) is 11.7. The zero-order valence-corrected chi connectivity index (χ0v) is 11.4. The van der Waals surface area contributed by atoms with E-state index in [2.05, 4.69) is 0 Å². The van der Waals surface area contributed by atoms with Crippen molar-refractivity contribution in [3.63, 3.8) is 0 Å². The Morgan fingerprint density at radius 3 is 2.45 bits per heavy atom. The van der Waals surface area contributed by atoms with Crippen molar-refractivity contribution in [2.24, 2.45) is 0 Å². The van der Waals surface area contributed by atoms with Gasteiger partial charge in [0.1, 0.15) is 22.8 Å². The average Bonchev–Trinajstić information content (AvgIpc) is 2.85. The highest BCUT2D eigenvalue weighted by atomic mass is 19.1. The molecule has 2 aromatic carbocycles. The number of halogens is 1. The fourth-order valence-electron chi connectivity index (χ4n) is 2.37. The SMILES string of the molecule is Cc1cccc2cc(C(C)(O)c3ccc(F)cc3)oc12. The molecule has 0 aliphatic rings. The molecule has 0 saturated heterocycles. The summed E-state index contributed by atoms with van der Waals surface area (Å²) in [5.41, 5.74) is 1.09. The smallest absolute Gasteiger partial charge is 0.144 e. The van der Waals surface area contributed by atoms with Crippen molar-refractivity contribution in [1.29, 1.82) is 0 Å². The molecule has 3 rings (SSSR count). The van der Waals surface area contributed by atoms with Crippen molar-refractivity contribution in [2.45, 2.75) is 19.4 Å². The van der Waals surface area contributed by atoms with Crippen LogP contribution in [0.4, 0.5) is 4.39 Å². The van der Waals surface area contributed by atoms with E-state index in [0.717, 1.165) is 16.5 Å². The third-order valence-corrected chi connectivity index (χ3v) is 3.63. The zero-order chi connectivity index (χ0) is 14.3. The second-order valence-corrected chi connectivity index (χ2v) is 5.18.